The van der Waals surface area contributed by atoms with Crippen LogP contribution in [0.25, 0.3) is 0 Å². The minimum Gasteiger partial charge on any atom is -0.378 e. The van der Waals surface area contributed by atoms with E-state index in [0.717, 1.165) is 5.56 Å². The summed E-state index contributed by atoms with van der Waals surface area (Å²) in [4.78, 5) is 38.0. The van der Waals surface area contributed by atoms with Crippen LogP contribution in [0.4, 0.5) is 0 Å². The molecule has 1 unspecified atom stereocenters. The molecule has 2 aliphatic rings. The van der Waals surface area contributed by atoms with Crippen molar-refractivity contribution in [3.05, 3.63) is 59.2 Å². The van der Waals surface area contributed by atoms with Gasteiger partial charge in [-0.2, -0.15) is 8.42 Å². The van der Waals surface area contributed by atoms with Gasteiger partial charge >= 0.3 is 0 Å². The van der Waals surface area contributed by atoms with E-state index in [1.54, 1.807) is 12.1 Å². The Morgan fingerprint density at radius 3 is 2.27 bits per heavy atom. The van der Waals surface area contributed by atoms with Crippen molar-refractivity contribution in [3.8, 4) is 0 Å². The summed E-state index contributed by atoms with van der Waals surface area (Å²) in [5.74, 6) is -1.77. The highest BCUT2D eigenvalue weighted by Gasteiger charge is 2.41. The highest BCUT2D eigenvalue weighted by molar-refractivity contribution is 7.91. The number of carbonyl (C=O) groups excluding carboxylic acids is 3. The number of fused-ring (bicyclic) bond motifs is 1. The molecule has 2 aromatic carbocycles. The second-order valence-electron chi connectivity index (χ2n) is 9.31. The maximum Gasteiger partial charge on any atom is 0.297 e. The van der Waals surface area contributed by atoms with E-state index in [1.165, 1.54) is 35.2 Å². The monoisotopic (exact) mass is 594 g/mol. The number of rotatable bonds is 13. The second-order valence-corrected chi connectivity index (χ2v) is 13.0. The van der Waals surface area contributed by atoms with Crippen molar-refractivity contribution in [3.63, 3.8) is 0 Å². The standard InChI is InChI=1S/C26H30N2O10S2/c1-18-5-7-19(8-6-18)40(34,35)38-14-13-36-11-12-37-15-16-39(32,33)23-4-2-3-20-21(23)17-28(26(20)31)22-9-10-24(29)27-25(22)30/h2-8,22H,9-17H2,1H3,(H,27,29,30). The molecular formula is C26H30N2O10S2. The van der Waals surface area contributed by atoms with E-state index in [0.29, 0.717) is 5.56 Å². The molecule has 4 rings (SSSR count). The number of hydrogen-bond acceptors (Lipinski definition) is 10. The van der Waals surface area contributed by atoms with Gasteiger partial charge in [0.1, 0.15) is 6.04 Å². The summed E-state index contributed by atoms with van der Waals surface area (Å²) in [5, 5.41) is 2.22. The summed E-state index contributed by atoms with van der Waals surface area (Å²) >= 11 is 0. The van der Waals surface area contributed by atoms with E-state index < -0.39 is 43.7 Å². The molecule has 0 saturated carbocycles. The Labute approximate surface area is 232 Å². The molecule has 0 aliphatic carbocycles. The van der Waals surface area contributed by atoms with E-state index >= 15 is 0 Å². The Balaban J connectivity index is 1.21. The molecule has 14 heteroatoms. The fraction of sp³-hybridized carbons (Fsp3) is 0.423. The first-order chi connectivity index (χ1) is 19.0. The van der Waals surface area contributed by atoms with Crippen molar-refractivity contribution in [1.29, 1.82) is 0 Å². The maximum absolute atomic E-state index is 13.1. The minimum atomic E-state index is -3.88. The largest absolute Gasteiger partial charge is 0.378 e. The minimum absolute atomic E-state index is 0.0000660. The highest BCUT2D eigenvalue weighted by Crippen LogP contribution is 2.32. The number of amides is 3. The van der Waals surface area contributed by atoms with Crippen molar-refractivity contribution >= 4 is 37.7 Å². The number of ether oxygens (including phenoxy) is 2. The summed E-state index contributed by atoms with van der Waals surface area (Å²) in [6.07, 6.45) is 0.277. The molecule has 40 heavy (non-hydrogen) atoms. The molecule has 2 aliphatic heterocycles. The molecule has 2 heterocycles. The number of carbonyl (C=O) groups is 3. The zero-order valence-corrected chi connectivity index (χ0v) is 23.5. The van der Waals surface area contributed by atoms with Gasteiger partial charge in [0.2, 0.25) is 11.8 Å². The first-order valence-electron chi connectivity index (χ1n) is 12.6. The van der Waals surface area contributed by atoms with Crippen LogP contribution in [0.5, 0.6) is 0 Å². The SMILES string of the molecule is Cc1ccc(S(=O)(=O)OCCOCCOCCS(=O)(=O)c2cccc3c2CN(C2CCC(=O)NC2=O)C3=O)cc1. The Kier molecular flexibility index (Phi) is 9.36. The van der Waals surface area contributed by atoms with Gasteiger partial charge < -0.3 is 14.4 Å². The van der Waals surface area contributed by atoms with Gasteiger partial charge in [-0.1, -0.05) is 23.8 Å². The fourth-order valence-electron chi connectivity index (χ4n) is 4.42. The number of hydrogen-bond donors (Lipinski definition) is 1. The highest BCUT2D eigenvalue weighted by atomic mass is 32.2. The maximum atomic E-state index is 13.1. The lowest BCUT2D eigenvalue weighted by atomic mass is 10.0. The summed E-state index contributed by atoms with van der Waals surface area (Å²) < 4.78 is 66.0. The molecule has 12 nitrogen and oxygen atoms in total. The lowest BCUT2D eigenvalue weighted by Crippen LogP contribution is -2.52. The Hall–Kier alpha value is -3.17. The van der Waals surface area contributed by atoms with Gasteiger partial charge in [-0.15, -0.1) is 0 Å². The van der Waals surface area contributed by atoms with E-state index in [2.05, 4.69) is 5.32 Å². The first kappa shape index (κ1) is 29.8. The van der Waals surface area contributed by atoms with Crippen molar-refractivity contribution in [2.24, 2.45) is 0 Å². The normalized spacial score (nSPS) is 17.7. The Morgan fingerprint density at radius 1 is 0.900 bits per heavy atom. The molecule has 1 fully saturated rings. The van der Waals surface area contributed by atoms with Crippen molar-refractivity contribution in [2.45, 2.75) is 42.1 Å². The number of sulfone groups is 1. The third kappa shape index (κ3) is 6.93. The predicted molar refractivity (Wildman–Crippen MR) is 140 cm³/mol. The van der Waals surface area contributed by atoms with Crippen molar-refractivity contribution < 1.29 is 44.9 Å². The van der Waals surface area contributed by atoms with Gasteiger partial charge in [0.05, 0.1) is 48.6 Å². The van der Waals surface area contributed by atoms with Crippen molar-refractivity contribution in [2.75, 3.05) is 38.8 Å². The fourth-order valence-corrected chi connectivity index (χ4v) is 6.71. The van der Waals surface area contributed by atoms with Crippen LogP contribution in [0.2, 0.25) is 0 Å². The van der Waals surface area contributed by atoms with Crippen LogP contribution >= 0.6 is 0 Å². The molecule has 1 atom stereocenters. The van der Waals surface area contributed by atoms with E-state index in [9.17, 15) is 31.2 Å². The van der Waals surface area contributed by atoms with Gasteiger partial charge in [-0.3, -0.25) is 23.9 Å². The van der Waals surface area contributed by atoms with E-state index in [1.807, 2.05) is 6.92 Å². The average Bonchev–Trinajstić information content (AvgIpc) is 3.24. The topological polar surface area (TPSA) is 162 Å². The molecule has 0 spiro atoms. The van der Waals surface area contributed by atoms with Gasteiger partial charge in [-0.05, 0) is 37.6 Å². The Bertz CT molecular complexity index is 1490. The first-order valence-corrected chi connectivity index (χ1v) is 15.7. The number of benzene rings is 2. The molecule has 3 amide bonds. The van der Waals surface area contributed by atoms with E-state index in [4.69, 9.17) is 13.7 Å². The van der Waals surface area contributed by atoms with E-state index in [-0.39, 0.29) is 73.5 Å². The van der Waals surface area contributed by atoms with Crippen LogP contribution in [0.1, 0.15) is 34.3 Å². The smallest absolute Gasteiger partial charge is 0.297 e. The number of aryl methyl sites for hydroxylation is 1. The third-order valence-corrected chi connectivity index (χ3v) is 9.60. The zero-order chi connectivity index (χ0) is 28.9. The summed E-state index contributed by atoms with van der Waals surface area (Å²) in [6, 6.07) is 9.84. The van der Waals surface area contributed by atoms with Crippen LogP contribution in [-0.2, 0) is 49.7 Å². The summed E-state index contributed by atoms with van der Waals surface area (Å²) in [6.45, 7) is 1.67. The van der Waals surface area contributed by atoms with Crippen LogP contribution < -0.4 is 5.32 Å². The summed E-state index contributed by atoms with van der Waals surface area (Å²) in [5.41, 5.74) is 1.46. The number of imide groups is 1. The quantitative estimate of drug-likeness (QED) is 0.201. The van der Waals surface area contributed by atoms with Gasteiger partial charge in [-0.25, -0.2) is 8.42 Å². The number of nitrogens with zero attached hydrogens (tertiary/aromatic N) is 1. The molecular weight excluding hydrogens is 564 g/mol. The van der Waals surface area contributed by atoms with Crippen LogP contribution in [0, 0.1) is 6.92 Å². The number of piperidine rings is 1. The molecule has 2 aromatic rings. The molecule has 1 saturated heterocycles. The van der Waals surface area contributed by atoms with Crippen LogP contribution in [0.15, 0.2) is 52.3 Å². The molecule has 0 bridgehead atoms. The molecule has 1 N–H and O–H groups in total. The molecule has 0 radical (unpaired) electrons. The predicted octanol–water partition coefficient (Wildman–Crippen LogP) is 0.968. The Morgan fingerprint density at radius 2 is 1.57 bits per heavy atom. The number of nitrogens with one attached hydrogen (secondary N) is 1. The lowest BCUT2D eigenvalue weighted by molar-refractivity contribution is -0.136. The molecule has 216 valence electrons. The van der Waals surface area contributed by atoms with Crippen LogP contribution in [-0.4, -0.2) is 84.3 Å². The average molecular weight is 595 g/mol. The third-order valence-electron chi connectivity index (χ3n) is 6.52. The molecule has 0 aromatic heterocycles. The van der Waals surface area contributed by atoms with Gasteiger partial charge in [0, 0.05) is 24.1 Å². The van der Waals surface area contributed by atoms with Gasteiger partial charge in [0.25, 0.3) is 16.0 Å². The lowest BCUT2D eigenvalue weighted by Gasteiger charge is -2.29. The second kappa shape index (κ2) is 12.6. The zero-order valence-electron chi connectivity index (χ0n) is 21.8. The summed E-state index contributed by atoms with van der Waals surface area (Å²) in [7, 11) is -7.70. The van der Waals surface area contributed by atoms with Crippen molar-refractivity contribution in [1.82, 2.24) is 10.2 Å². The van der Waals surface area contributed by atoms with Gasteiger partial charge in [0.15, 0.2) is 9.84 Å². The van der Waals surface area contributed by atoms with Crippen LogP contribution in [0.3, 0.4) is 0 Å².